The summed E-state index contributed by atoms with van der Waals surface area (Å²) in [6.45, 7) is 0. The normalized spacial score (nSPS) is 11.6. The molecule has 0 fully saturated rings. The molecule has 72 valence electrons. The van der Waals surface area contributed by atoms with Gasteiger partial charge in [0.1, 0.15) is 16.5 Å². The van der Waals surface area contributed by atoms with Crippen molar-refractivity contribution in [2.45, 2.75) is 4.90 Å². The molecule has 0 saturated heterocycles. The number of anilines is 1. The summed E-state index contributed by atoms with van der Waals surface area (Å²) < 4.78 is 47.5. The van der Waals surface area contributed by atoms with Gasteiger partial charge in [0.2, 0.25) is 0 Å². The minimum atomic E-state index is -3.83. The Balaban J connectivity index is 3.62. The molecule has 0 unspecified atom stereocenters. The largest absolute Gasteiger partial charge is 0.395 e. The van der Waals surface area contributed by atoms with Crippen LogP contribution in [0.15, 0.2) is 17.0 Å². The van der Waals surface area contributed by atoms with Crippen LogP contribution in [-0.2, 0) is 9.84 Å². The van der Waals surface area contributed by atoms with Gasteiger partial charge in [0.15, 0.2) is 9.84 Å². The number of halogens is 2. The number of nitrogens with two attached hydrogens (primary N) is 1. The van der Waals surface area contributed by atoms with E-state index in [1.807, 2.05) is 0 Å². The van der Waals surface area contributed by atoms with Gasteiger partial charge in [-0.05, 0) is 12.1 Å². The molecule has 3 nitrogen and oxygen atoms in total. The highest BCUT2D eigenvalue weighted by Gasteiger charge is 2.19. The van der Waals surface area contributed by atoms with Crippen molar-refractivity contribution in [1.29, 1.82) is 0 Å². The Bertz CT molecular complexity index is 442. The van der Waals surface area contributed by atoms with Crippen molar-refractivity contribution in [1.82, 2.24) is 0 Å². The molecule has 0 amide bonds. The van der Waals surface area contributed by atoms with Crippen LogP contribution in [0.3, 0.4) is 0 Å². The maximum atomic E-state index is 12.9. The zero-order chi connectivity index (χ0) is 10.2. The van der Waals surface area contributed by atoms with E-state index >= 15 is 0 Å². The fourth-order valence-electron chi connectivity index (χ4n) is 0.926. The topological polar surface area (TPSA) is 60.2 Å². The zero-order valence-corrected chi connectivity index (χ0v) is 7.53. The third-order valence-electron chi connectivity index (χ3n) is 1.47. The first-order valence-corrected chi connectivity index (χ1v) is 5.16. The van der Waals surface area contributed by atoms with E-state index in [2.05, 4.69) is 0 Å². The van der Waals surface area contributed by atoms with Crippen LogP contribution in [0.5, 0.6) is 0 Å². The van der Waals surface area contributed by atoms with Crippen LogP contribution in [-0.4, -0.2) is 14.7 Å². The number of hydrogen-bond acceptors (Lipinski definition) is 3. The molecule has 1 aromatic rings. The second-order valence-electron chi connectivity index (χ2n) is 2.54. The van der Waals surface area contributed by atoms with Gasteiger partial charge < -0.3 is 5.73 Å². The van der Waals surface area contributed by atoms with Gasteiger partial charge in [0.05, 0.1) is 5.69 Å². The number of nitrogen functional groups attached to an aromatic ring is 1. The quantitative estimate of drug-likeness (QED) is 0.697. The van der Waals surface area contributed by atoms with E-state index in [-0.39, 0.29) is 0 Å². The maximum Gasteiger partial charge on any atom is 0.180 e. The lowest BCUT2D eigenvalue weighted by Crippen LogP contribution is -2.07. The lowest BCUT2D eigenvalue weighted by atomic mass is 10.3. The van der Waals surface area contributed by atoms with Crippen molar-refractivity contribution in [3.63, 3.8) is 0 Å². The molecule has 0 spiro atoms. The minimum Gasteiger partial charge on any atom is -0.395 e. The highest BCUT2D eigenvalue weighted by atomic mass is 32.2. The Kier molecular flexibility index (Phi) is 2.25. The maximum absolute atomic E-state index is 12.9. The fourth-order valence-corrected chi connectivity index (χ4v) is 1.84. The first-order valence-electron chi connectivity index (χ1n) is 3.27. The number of rotatable bonds is 1. The summed E-state index contributed by atoms with van der Waals surface area (Å²) in [5.41, 5.74) is 4.40. The van der Waals surface area contributed by atoms with Crippen LogP contribution in [0.4, 0.5) is 14.5 Å². The smallest absolute Gasteiger partial charge is 0.180 e. The molecule has 0 aliphatic heterocycles. The number of benzene rings is 1. The van der Waals surface area contributed by atoms with Crippen LogP contribution in [0.1, 0.15) is 0 Å². The predicted octanol–water partition coefficient (Wildman–Crippen LogP) is 0.951. The van der Waals surface area contributed by atoms with Gasteiger partial charge in [-0.25, -0.2) is 17.2 Å². The Morgan fingerprint density at radius 1 is 1.23 bits per heavy atom. The average molecular weight is 207 g/mol. The lowest BCUT2D eigenvalue weighted by molar-refractivity contribution is 0.560. The summed E-state index contributed by atoms with van der Waals surface area (Å²) >= 11 is 0. The molecule has 0 aliphatic rings. The number of sulfone groups is 1. The van der Waals surface area contributed by atoms with E-state index in [9.17, 15) is 17.2 Å². The van der Waals surface area contributed by atoms with Crippen LogP contribution >= 0.6 is 0 Å². The molecule has 0 aromatic heterocycles. The Hall–Kier alpha value is -1.17. The Morgan fingerprint density at radius 2 is 1.69 bits per heavy atom. The molecule has 0 aliphatic carbocycles. The Labute approximate surface area is 74.1 Å². The van der Waals surface area contributed by atoms with Crippen LogP contribution in [0.2, 0.25) is 0 Å². The monoisotopic (exact) mass is 207 g/mol. The Morgan fingerprint density at radius 3 is 2.08 bits per heavy atom. The summed E-state index contributed by atoms with van der Waals surface area (Å²) in [5, 5.41) is 0. The van der Waals surface area contributed by atoms with E-state index in [1.54, 1.807) is 0 Å². The summed E-state index contributed by atoms with van der Waals surface area (Å²) in [6.07, 6.45) is 0.765. The first kappa shape index (κ1) is 9.91. The second-order valence-corrected chi connectivity index (χ2v) is 4.50. The van der Waals surface area contributed by atoms with E-state index in [1.165, 1.54) is 0 Å². The highest BCUT2D eigenvalue weighted by Crippen LogP contribution is 2.24. The standard InChI is InChI=1S/C7H7F2NO2S/c1-13(11,12)7-5(9)3-2-4(8)6(7)10/h2-3H,10H2,1H3. The molecule has 0 bridgehead atoms. The lowest BCUT2D eigenvalue weighted by Gasteiger charge is -2.04. The van der Waals surface area contributed by atoms with Crippen molar-refractivity contribution < 1.29 is 17.2 Å². The SMILES string of the molecule is CS(=O)(=O)c1c(F)ccc(F)c1N. The molecule has 0 saturated carbocycles. The van der Waals surface area contributed by atoms with Gasteiger partial charge in [0.25, 0.3) is 0 Å². The van der Waals surface area contributed by atoms with Gasteiger partial charge >= 0.3 is 0 Å². The van der Waals surface area contributed by atoms with Crippen molar-refractivity contribution >= 4 is 15.5 Å². The van der Waals surface area contributed by atoms with Gasteiger partial charge in [-0.2, -0.15) is 0 Å². The van der Waals surface area contributed by atoms with Gasteiger partial charge in [-0.3, -0.25) is 0 Å². The van der Waals surface area contributed by atoms with Crippen LogP contribution in [0, 0.1) is 11.6 Å². The van der Waals surface area contributed by atoms with Gasteiger partial charge in [-0.1, -0.05) is 0 Å². The molecule has 0 radical (unpaired) electrons. The van der Waals surface area contributed by atoms with Gasteiger partial charge in [-0.15, -0.1) is 0 Å². The molecule has 0 heterocycles. The zero-order valence-electron chi connectivity index (χ0n) is 6.71. The average Bonchev–Trinajstić information content (AvgIpc) is 1.95. The fraction of sp³-hybridized carbons (Fsp3) is 0.143. The molecular weight excluding hydrogens is 200 g/mol. The summed E-state index contributed by atoms with van der Waals surface area (Å²) in [6, 6.07) is 1.50. The van der Waals surface area contributed by atoms with Crippen molar-refractivity contribution in [2.75, 3.05) is 12.0 Å². The predicted molar refractivity (Wildman–Crippen MR) is 43.9 cm³/mol. The summed E-state index contributed by atoms with van der Waals surface area (Å²) in [4.78, 5) is -0.785. The van der Waals surface area contributed by atoms with E-state index < -0.39 is 32.1 Å². The highest BCUT2D eigenvalue weighted by molar-refractivity contribution is 7.90. The molecule has 1 aromatic carbocycles. The third-order valence-corrected chi connectivity index (χ3v) is 2.62. The molecular formula is C7H7F2NO2S. The summed E-state index contributed by atoms with van der Waals surface area (Å²) in [7, 11) is -3.83. The van der Waals surface area contributed by atoms with Gasteiger partial charge in [0, 0.05) is 6.26 Å². The summed E-state index contributed by atoms with van der Waals surface area (Å²) in [5.74, 6) is -1.98. The van der Waals surface area contributed by atoms with Crippen molar-refractivity contribution in [3.05, 3.63) is 23.8 Å². The van der Waals surface area contributed by atoms with Crippen LogP contribution < -0.4 is 5.73 Å². The minimum absolute atomic E-state index is 0.678. The van der Waals surface area contributed by atoms with Crippen LogP contribution in [0.25, 0.3) is 0 Å². The first-order chi connectivity index (χ1) is 5.84. The third kappa shape index (κ3) is 1.77. The molecule has 1 rings (SSSR count). The van der Waals surface area contributed by atoms with E-state index in [0.717, 1.165) is 18.4 Å². The van der Waals surface area contributed by atoms with Crippen molar-refractivity contribution in [3.8, 4) is 0 Å². The molecule has 6 heteroatoms. The second kappa shape index (κ2) is 2.95. The van der Waals surface area contributed by atoms with Crippen molar-refractivity contribution in [2.24, 2.45) is 0 Å². The molecule has 0 atom stereocenters. The van der Waals surface area contributed by atoms with E-state index in [0.29, 0.717) is 0 Å². The molecule has 2 N–H and O–H groups in total. The molecule has 13 heavy (non-hydrogen) atoms. The number of hydrogen-bond donors (Lipinski definition) is 1. The van der Waals surface area contributed by atoms with E-state index in [4.69, 9.17) is 5.73 Å².